The molecule has 0 fully saturated rings. The molecule has 1 heterocycles. The topological polar surface area (TPSA) is 3.24 Å². The van der Waals surface area contributed by atoms with Crippen LogP contribution in [0.15, 0.2) is 152 Å². The van der Waals surface area contributed by atoms with E-state index in [2.05, 4.69) is 184 Å². The molecule has 240 valence electrons. The molecule has 8 aromatic rings. The average Bonchev–Trinajstić information content (AvgIpc) is 3.73. The number of hydrogen-bond acceptors (Lipinski definition) is 2. The van der Waals surface area contributed by atoms with Crippen molar-refractivity contribution in [1.29, 1.82) is 0 Å². The second-order valence-electron chi connectivity index (χ2n) is 14.9. The standard InChI is InChI=1S/C48H37NS/c1-47(2)36-21-8-5-17-33(36)45-38(47)23-13-25-40(45)49(41-26-14-24-39-46(41)34-18-6-9-22-37(34)48(39,3)4)31-16-11-15-30(29-31)32-20-12-28-43-44(32)35-19-7-10-27-42(35)50-43/h5-29H,1-4H3. The van der Waals surface area contributed by atoms with E-state index in [1.165, 1.54) is 87.2 Å². The van der Waals surface area contributed by atoms with Crippen LogP contribution in [0.25, 0.3) is 53.6 Å². The van der Waals surface area contributed by atoms with Crippen LogP contribution in [0.2, 0.25) is 0 Å². The third-order valence-electron chi connectivity index (χ3n) is 11.5. The predicted octanol–water partition coefficient (Wildman–Crippen LogP) is 13.8. The minimum absolute atomic E-state index is 0.0989. The van der Waals surface area contributed by atoms with E-state index in [-0.39, 0.29) is 10.8 Å². The van der Waals surface area contributed by atoms with Gasteiger partial charge in [-0.2, -0.15) is 0 Å². The summed E-state index contributed by atoms with van der Waals surface area (Å²) >= 11 is 1.88. The highest BCUT2D eigenvalue weighted by molar-refractivity contribution is 7.25. The van der Waals surface area contributed by atoms with E-state index in [1.54, 1.807) is 0 Å². The van der Waals surface area contributed by atoms with Crippen LogP contribution in [0.1, 0.15) is 49.9 Å². The summed E-state index contributed by atoms with van der Waals surface area (Å²) in [6.07, 6.45) is 0. The minimum atomic E-state index is -0.0989. The summed E-state index contributed by atoms with van der Waals surface area (Å²) in [5.41, 5.74) is 16.7. The normalized spacial score (nSPS) is 14.7. The van der Waals surface area contributed by atoms with E-state index in [1.807, 2.05) is 11.3 Å². The van der Waals surface area contributed by atoms with E-state index < -0.39 is 0 Å². The molecular formula is C48H37NS. The molecule has 0 spiro atoms. The third kappa shape index (κ3) is 4.00. The number of hydrogen-bond donors (Lipinski definition) is 0. The van der Waals surface area contributed by atoms with Crippen molar-refractivity contribution in [3.63, 3.8) is 0 Å². The monoisotopic (exact) mass is 659 g/mol. The average molecular weight is 660 g/mol. The lowest BCUT2D eigenvalue weighted by Gasteiger charge is -2.31. The number of rotatable bonds is 4. The Morgan fingerprint density at radius 3 is 1.60 bits per heavy atom. The molecule has 0 bridgehead atoms. The van der Waals surface area contributed by atoms with Gasteiger partial charge in [-0.3, -0.25) is 0 Å². The molecule has 0 amide bonds. The van der Waals surface area contributed by atoms with E-state index in [4.69, 9.17) is 0 Å². The van der Waals surface area contributed by atoms with Crippen molar-refractivity contribution in [1.82, 2.24) is 0 Å². The van der Waals surface area contributed by atoms with Crippen molar-refractivity contribution in [3.8, 4) is 33.4 Å². The largest absolute Gasteiger partial charge is 0.309 e. The van der Waals surface area contributed by atoms with Gasteiger partial charge in [-0.25, -0.2) is 0 Å². The van der Waals surface area contributed by atoms with Gasteiger partial charge in [-0.1, -0.05) is 143 Å². The summed E-state index contributed by atoms with van der Waals surface area (Å²) < 4.78 is 2.65. The Morgan fingerprint density at radius 2 is 0.940 bits per heavy atom. The van der Waals surface area contributed by atoms with Crippen molar-refractivity contribution in [2.45, 2.75) is 38.5 Å². The molecule has 0 N–H and O–H groups in total. The molecule has 2 aliphatic rings. The van der Waals surface area contributed by atoms with E-state index >= 15 is 0 Å². The zero-order valence-corrected chi connectivity index (χ0v) is 29.6. The van der Waals surface area contributed by atoms with Crippen molar-refractivity contribution < 1.29 is 0 Å². The predicted molar refractivity (Wildman–Crippen MR) is 215 cm³/mol. The Kier molecular flexibility index (Phi) is 6.21. The van der Waals surface area contributed by atoms with Crippen molar-refractivity contribution in [3.05, 3.63) is 174 Å². The highest BCUT2D eigenvalue weighted by atomic mass is 32.1. The van der Waals surface area contributed by atoms with Gasteiger partial charge in [-0.15, -0.1) is 11.3 Å². The summed E-state index contributed by atoms with van der Waals surface area (Å²) in [4.78, 5) is 2.56. The van der Waals surface area contributed by atoms with Gasteiger partial charge in [0, 0.05) is 47.8 Å². The SMILES string of the molecule is CC1(C)c2ccccc2-c2c(N(c3cccc(-c4cccc5sc6ccccc6c45)c3)c3cccc4c3-c3ccccc3C4(C)C)cccc21. The highest BCUT2D eigenvalue weighted by Gasteiger charge is 2.40. The van der Waals surface area contributed by atoms with Crippen molar-refractivity contribution in [2.24, 2.45) is 0 Å². The van der Waals surface area contributed by atoms with Gasteiger partial charge in [0.1, 0.15) is 0 Å². The van der Waals surface area contributed by atoms with Crippen LogP contribution >= 0.6 is 11.3 Å². The number of fused-ring (bicyclic) bond motifs is 9. The molecule has 0 unspecified atom stereocenters. The second-order valence-corrected chi connectivity index (χ2v) is 16.0. The number of nitrogens with zero attached hydrogens (tertiary/aromatic N) is 1. The summed E-state index contributed by atoms with van der Waals surface area (Å²) in [7, 11) is 0. The summed E-state index contributed by atoms with van der Waals surface area (Å²) in [5.74, 6) is 0. The molecule has 10 rings (SSSR count). The lowest BCUT2D eigenvalue weighted by Crippen LogP contribution is -2.17. The summed E-state index contributed by atoms with van der Waals surface area (Å²) in [5, 5.41) is 2.66. The Balaban J connectivity index is 1.28. The molecule has 2 heteroatoms. The van der Waals surface area contributed by atoms with Gasteiger partial charge >= 0.3 is 0 Å². The molecule has 7 aromatic carbocycles. The van der Waals surface area contributed by atoms with Crippen LogP contribution in [0.4, 0.5) is 17.1 Å². The fourth-order valence-corrected chi connectivity index (χ4v) is 10.2. The molecule has 0 aliphatic heterocycles. The third-order valence-corrected chi connectivity index (χ3v) is 12.6. The second kappa shape index (κ2) is 10.5. The van der Waals surface area contributed by atoms with Gasteiger partial charge in [0.25, 0.3) is 0 Å². The maximum Gasteiger partial charge on any atom is 0.0543 e. The molecule has 1 nitrogen and oxygen atoms in total. The molecule has 50 heavy (non-hydrogen) atoms. The first-order valence-corrected chi connectivity index (χ1v) is 18.4. The van der Waals surface area contributed by atoms with Crippen LogP contribution in [-0.4, -0.2) is 0 Å². The first kappa shape index (κ1) is 29.5. The first-order valence-electron chi connectivity index (χ1n) is 17.6. The first-order chi connectivity index (χ1) is 24.3. The lowest BCUT2D eigenvalue weighted by molar-refractivity contribution is 0.660. The van der Waals surface area contributed by atoms with Gasteiger partial charge in [0.15, 0.2) is 0 Å². The maximum atomic E-state index is 2.56. The summed E-state index contributed by atoms with van der Waals surface area (Å²) in [6, 6.07) is 56.7. The minimum Gasteiger partial charge on any atom is -0.309 e. The quantitative estimate of drug-likeness (QED) is 0.182. The van der Waals surface area contributed by atoms with Crippen LogP contribution in [-0.2, 0) is 10.8 Å². The Bertz CT molecular complexity index is 2560. The zero-order valence-electron chi connectivity index (χ0n) is 28.8. The molecule has 0 atom stereocenters. The van der Waals surface area contributed by atoms with Gasteiger partial charge in [0.2, 0.25) is 0 Å². The van der Waals surface area contributed by atoms with Crippen molar-refractivity contribution >= 4 is 48.6 Å². The van der Waals surface area contributed by atoms with E-state index in [0.717, 1.165) is 5.69 Å². The number of anilines is 3. The van der Waals surface area contributed by atoms with Crippen molar-refractivity contribution in [2.75, 3.05) is 4.90 Å². The van der Waals surface area contributed by atoms with Crippen LogP contribution in [0, 0.1) is 0 Å². The van der Waals surface area contributed by atoms with Crippen LogP contribution < -0.4 is 4.90 Å². The number of benzene rings is 7. The fourth-order valence-electron chi connectivity index (χ4n) is 9.08. The molecule has 2 aliphatic carbocycles. The smallest absolute Gasteiger partial charge is 0.0543 e. The fraction of sp³-hybridized carbons (Fsp3) is 0.125. The Labute approximate surface area is 298 Å². The molecule has 1 aromatic heterocycles. The van der Waals surface area contributed by atoms with Crippen LogP contribution in [0.5, 0.6) is 0 Å². The Morgan fingerprint density at radius 1 is 0.440 bits per heavy atom. The summed E-state index contributed by atoms with van der Waals surface area (Å²) in [6.45, 7) is 9.49. The Hall–Kier alpha value is -5.44. The molecule has 0 radical (unpaired) electrons. The number of thiophene rings is 1. The van der Waals surface area contributed by atoms with E-state index in [0.29, 0.717) is 0 Å². The lowest BCUT2D eigenvalue weighted by atomic mass is 9.82. The van der Waals surface area contributed by atoms with Gasteiger partial charge in [-0.05, 0) is 80.9 Å². The molecular weight excluding hydrogens is 623 g/mol. The maximum absolute atomic E-state index is 2.56. The van der Waals surface area contributed by atoms with Crippen LogP contribution in [0.3, 0.4) is 0 Å². The van der Waals surface area contributed by atoms with Gasteiger partial charge in [0.05, 0.1) is 11.4 Å². The van der Waals surface area contributed by atoms with E-state index in [9.17, 15) is 0 Å². The molecule has 0 saturated heterocycles. The zero-order chi connectivity index (χ0) is 33.8. The van der Waals surface area contributed by atoms with Gasteiger partial charge < -0.3 is 4.90 Å². The highest BCUT2D eigenvalue weighted by Crippen LogP contribution is 2.58. The molecule has 0 saturated carbocycles.